The van der Waals surface area contributed by atoms with Gasteiger partial charge in [0.2, 0.25) is 0 Å². The summed E-state index contributed by atoms with van der Waals surface area (Å²) in [5.41, 5.74) is 2.81. The van der Waals surface area contributed by atoms with Gasteiger partial charge in [-0.2, -0.15) is 0 Å². The summed E-state index contributed by atoms with van der Waals surface area (Å²) in [7, 11) is 0. The second-order valence-corrected chi connectivity index (χ2v) is 7.44. The molecule has 0 radical (unpaired) electrons. The number of nitrogens with one attached hydrogen (secondary N) is 2. The number of carbonyl (C=O) groups excluding carboxylic acids is 1. The Labute approximate surface area is 164 Å². The number of aromatic amines is 1. The van der Waals surface area contributed by atoms with Crippen LogP contribution >= 0.6 is 0 Å². The average molecular weight is 375 g/mol. The largest absolute Gasteiger partial charge is 0.348 e. The van der Waals surface area contributed by atoms with Crippen LogP contribution in [0.1, 0.15) is 40.7 Å². The van der Waals surface area contributed by atoms with Crippen molar-refractivity contribution in [3.63, 3.8) is 0 Å². The van der Waals surface area contributed by atoms with Crippen LogP contribution in [0.2, 0.25) is 0 Å². The lowest BCUT2D eigenvalue weighted by Crippen LogP contribution is -2.30. The summed E-state index contributed by atoms with van der Waals surface area (Å²) in [5, 5.41) is 3.72. The molecule has 5 nitrogen and oxygen atoms in total. The van der Waals surface area contributed by atoms with Gasteiger partial charge < -0.3 is 10.3 Å². The van der Waals surface area contributed by atoms with Gasteiger partial charge in [-0.3, -0.25) is 14.5 Å². The first-order valence-electron chi connectivity index (χ1n) is 9.89. The number of nitrogens with zero attached hydrogens (tertiary/aromatic N) is 1. The van der Waals surface area contributed by atoms with Crippen LogP contribution in [0, 0.1) is 0 Å². The summed E-state index contributed by atoms with van der Waals surface area (Å²) < 4.78 is 0. The Morgan fingerprint density at radius 1 is 0.964 bits per heavy atom. The molecule has 144 valence electrons. The molecular weight excluding hydrogens is 350 g/mol. The minimum Gasteiger partial charge on any atom is -0.348 e. The SMILES string of the molecule is O=C(NCc1cccc(CN2CCCCC2)c1)c1cc2ccccc2[nH]c1=O. The van der Waals surface area contributed by atoms with Crippen LogP contribution in [0.4, 0.5) is 0 Å². The molecular formula is C23H25N3O2. The van der Waals surface area contributed by atoms with Crippen molar-refractivity contribution < 1.29 is 4.79 Å². The van der Waals surface area contributed by atoms with Crippen molar-refractivity contribution in [3.05, 3.63) is 81.6 Å². The standard InChI is InChI=1S/C23H25N3O2/c27-22(20-14-19-9-2-3-10-21(19)25-23(20)28)24-15-17-7-6-8-18(13-17)16-26-11-4-1-5-12-26/h2-3,6-10,13-14H,1,4-5,11-12,15-16H2,(H,24,27)(H,25,28). The summed E-state index contributed by atoms with van der Waals surface area (Å²) >= 11 is 0. The number of likely N-dealkylation sites (tertiary alicyclic amines) is 1. The molecule has 0 spiro atoms. The zero-order valence-corrected chi connectivity index (χ0v) is 15.9. The Bertz CT molecular complexity index is 1040. The number of fused-ring (bicyclic) bond motifs is 1. The van der Waals surface area contributed by atoms with Crippen LogP contribution < -0.4 is 10.9 Å². The van der Waals surface area contributed by atoms with E-state index in [0.29, 0.717) is 6.54 Å². The maximum Gasteiger partial charge on any atom is 0.261 e. The Morgan fingerprint density at radius 3 is 2.61 bits per heavy atom. The van der Waals surface area contributed by atoms with Gasteiger partial charge in [0.1, 0.15) is 5.56 Å². The van der Waals surface area contributed by atoms with Crippen LogP contribution in [-0.4, -0.2) is 28.9 Å². The van der Waals surface area contributed by atoms with Gasteiger partial charge >= 0.3 is 0 Å². The Kier molecular flexibility index (Phi) is 5.53. The minimum absolute atomic E-state index is 0.142. The number of carbonyl (C=O) groups is 1. The number of benzene rings is 2. The molecule has 0 atom stereocenters. The third-order valence-electron chi connectivity index (χ3n) is 5.30. The monoisotopic (exact) mass is 375 g/mol. The van der Waals surface area contributed by atoms with Gasteiger partial charge in [0, 0.05) is 18.6 Å². The zero-order valence-electron chi connectivity index (χ0n) is 15.9. The number of hydrogen-bond donors (Lipinski definition) is 2. The van der Waals surface area contributed by atoms with Crippen molar-refractivity contribution in [2.24, 2.45) is 0 Å². The normalized spacial score (nSPS) is 14.9. The minimum atomic E-state index is -0.366. The molecule has 3 aromatic rings. The summed E-state index contributed by atoms with van der Waals surface area (Å²) in [6.07, 6.45) is 3.88. The lowest BCUT2D eigenvalue weighted by atomic mass is 10.1. The van der Waals surface area contributed by atoms with E-state index < -0.39 is 0 Å². The van der Waals surface area contributed by atoms with E-state index in [4.69, 9.17) is 0 Å². The van der Waals surface area contributed by atoms with E-state index in [1.54, 1.807) is 6.07 Å². The molecule has 1 fully saturated rings. The molecule has 1 saturated heterocycles. The van der Waals surface area contributed by atoms with Crippen molar-refractivity contribution in [1.29, 1.82) is 0 Å². The van der Waals surface area contributed by atoms with Crippen molar-refractivity contribution in [2.75, 3.05) is 13.1 Å². The average Bonchev–Trinajstić information content (AvgIpc) is 2.72. The molecule has 1 aliphatic rings. The molecule has 4 rings (SSSR count). The summed E-state index contributed by atoms with van der Waals surface area (Å²) in [6, 6.07) is 17.4. The smallest absolute Gasteiger partial charge is 0.261 e. The number of aromatic nitrogens is 1. The van der Waals surface area contributed by atoms with E-state index >= 15 is 0 Å². The van der Waals surface area contributed by atoms with E-state index in [-0.39, 0.29) is 17.0 Å². The molecule has 0 unspecified atom stereocenters. The van der Waals surface area contributed by atoms with Crippen molar-refractivity contribution in [1.82, 2.24) is 15.2 Å². The fourth-order valence-electron chi connectivity index (χ4n) is 3.81. The Balaban J connectivity index is 1.43. The molecule has 1 amide bonds. The highest BCUT2D eigenvalue weighted by atomic mass is 16.2. The highest BCUT2D eigenvalue weighted by Gasteiger charge is 2.13. The number of rotatable bonds is 5. The Hall–Kier alpha value is -2.92. The van der Waals surface area contributed by atoms with Crippen LogP contribution in [0.15, 0.2) is 59.4 Å². The molecule has 2 aromatic carbocycles. The Morgan fingerprint density at radius 2 is 1.75 bits per heavy atom. The van der Waals surface area contributed by atoms with E-state index in [1.165, 1.54) is 24.8 Å². The maximum absolute atomic E-state index is 12.5. The third-order valence-corrected chi connectivity index (χ3v) is 5.30. The van der Waals surface area contributed by atoms with Gasteiger partial charge in [-0.25, -0.2) is 0 Å². The van der Waals surface area contributed by atoms with E-state index in [1.807, 2.05) is 36.4 Å². The van der Waals surface area contributed by atoms with Gasteiger partial charge in [-0.1, -0.05) is 48.9 Å². The first-order valence-corrected chi connectivity index (χ1v) is 9.89. The van der Waals surface area contributed by atoms with Crippen LogP contribution in [0.25, 0.3) is 10.9 Å². The van der Waals surface area contributed by atoms with Gasteiger partial charge in [-0.05, 0) is 54.6 Å². The second kappa shape index (κ2) is 8.40. The van der Waals surface area contributed by atoms with Crippen molar-refractivity contribution in [3.8, 4) is 0 Å². The maximum atomic E-state index is 12.5. The van der Waals surface area contributed by atoms with Gasteiger partial charge in [-0.15, -0.1) is 0 Å². The quantitative estimate of drug-likeness (QED) is 0.718. The summed E-state index contributed by atoms with van der Waals surface area (Å²) in [5.74, 6) is -0.353. The fraction of sp³-hybridized carbons (Fsp3) is 0.304. The van der Waals surface area contributed by atoms with Gasteiger partial charge in [0.25, 0.3) is 11.5 Å². The van der Waals surface area contributed by atoms with Crippen LogP contribution in [-0.2, 0) is 13.1 Å². The molecule has 2 N–H and O–H groups in total. The molecule has 1 aliphatic heterocycles. The van der Waals surface area contributed by atoms with E-state index in [2.05, 4.69) is 27.3 Å². The van der Waals surface area contributed by atoms with Crippen molar-refractivity contribution in [2.45, 2.75) is 32.4 Å². The fourth-order valence-corrected chi connectivity index (χ4v) is 3.81. The predicted octanol–water partition coefficient (Wildman–Crippen LogP) is 3.44. The third kappa shape index (κ3) is 4.31. The topological polar surface area (TPSA) is 65.2 Å². The summed E-state index contributed by atoms with van der Waals surface area (Å²) in [6.45, 7) is 3.67. The first-order chi connectivity index (χ1) is 13.7. The summed E-state index contributed by atoms with van der Waals surface area (Å²) in [4.78, 5) is 30.0. The molecule has 2 heterocycles. The number of hydrogen-bond acceptors (Lipinski definition) is 3. The highest BCUT2D eigenvalue weighted by molar-refractivity contribution is 5.97. The number of H-pyrrole nitrogens is 1. The number of pyridine rings is 1. The van der Waals surface area contributed by atoms with Crippen molar-refractivity contribution >= 4 is 16.8 Å². The highest BCUT2D eigenvalue weighted by Crippen LogP contribution is 2.14. The molecule has 0 saturated carbocycles. The van der Waals surface area contributed by atoms with E-state index in [9.17, 15) is 9.59 Å². The molecule has 1 aromatic heterocycles. The lowest BCUT2D eigenvalue weighted by molar-refractivity contribution is 0.0949. The molecule has 0 bridgehead atoms. The first kappa shape index (κ1) is 18.4. The van der Waals surface area contributed by atoms with Gasteiger partial charge in [0.05, 0.1) is 0 Å². The predicted molar refractivity (Wildman–Crippen MR) is 111 cm³/mol. The zero-order chi connectivity index (χ0) is 19.3. The number of piperidine rings is 1. The second-order valence-electron chi connectivity index (χ2n) is 7.44. The van der Waals surface area contributed by atoms with Crippen LogP contribution in [0.5, 0.6) is 0 Å². The lowest BCUT2D eigenvalue weighted by Gasteiger charge is -2.26. The number of amides is 1. The van der Waals surface area contributed by atoms with E-state index in [0.717, 1.165) is 36.1 Å². The molecule has 0 aliphatic carbocycles. The number of para-hydroxylation sites is 1. The molecule has 5 heteroatoms. The van der Waals surface area contributed by atoms with Gasteiger partial charge in [0.15, 0.2) is 0 Å². The van der Waals surface area contributed by atoms with Crippen LogP contribution in [0.3, 0.4) is 0 Å². The molecule has 28 heavy (non-hydrogen) atoms.